The van der Waals surface area contributed by atoms with E-state index in [0.29, 0.717) is 36.2 Å². The highest BCUT2D eigenvalue weighted by Gasteiger charge is 2.44. The lowest BCUT2D eigenvalue weighted by molar-refractivity contribution is -0.109. The van der Waals surface area contributed by atoms with Gasteiger partial charge in [0.1, 0.15) is 6.29 Å². The maximum Gasteiger partial charge on any atom is 0.320 e. The number of hydrogen-bond acceptors (Lipinski definition) is 2. The minimum Gasteiger partial charge on any atom is -0.319 e. The summed E-state index contributed by atoms with van der Waals surface area (Å²) < 4.78 is 0. The zero-order valence-electron chi connectivity index (χ0n) is 17.6. The van der Waals surface area contributed by atoms with Gasteiger partial charge in [-0.3, -0.25) is 0 Å². The molecule has 3 aromatic rings. The molecule has 4 rings (SSSR count). The van der Waals surface area contributed by atoms with Crippen LogP contribution in [0.15, 0.2) is 78.9 Å². The van der Waals surface area contributed by atoms with Crippen molar-refractivity contribution in [3.63, 3.8) is 0 Å². The van der Waals surface area contributed by atoms with Gasteiger partial charge in [-0.25, -0.2) is 4.79 Å². The summed E-state index contributed by atoms with van der Waals surface area (Å²) in [7, 11) is 0. The number of carbonyl (C=O) groups excluding carboxylic acids is 2. The van der Waals surface area contributed by atoms with Crippen LogP contribution in [0.5, 0.6) is 0 Å². The molecule has 32 heavy (non-hydrogen) atoms. The number of nitrogens with zero attached hydrogens (tertiary/aromatic N) is 2. The Kier molecular flexibility index (Phi) is 6.83. The van der Waals surface area contributed by atoms with Crippen molar-refractivity contribution in [3.8, 4) is 0 Å². The first-order valence-electron chi connectivity index (χ1n) is 10.5. The fourth-order valence-corrected chi connectivity index (χ4v) is 4.68. The molecule has 0 unspecified atom stereocenters. The van der Waals surface area contributed by atoms with Gasteiger partial charge < -0.3 is 14.6 Å². The first-order chi connectivity index (χ1) is 15.5. The SMILES string of the molecule is O=CCC1(c2ccc(Cl)c(Cl)c2)CN(Cc2ccccc2)C(=O)N(Cc2ccccc2)C1. The second-order valence-corrected chi connectivity index (χ2v) is 9.06. The van der Waals surface area contributed by atoms with Crippen LogP contribution in [0.25, 0.3) is 0 Å². The molecule has 3 aromatic carbocycles. The molecule has 0 N–H and O–H groups in total. The van der Waals surface area contributed by atoms with Crippen LogP contribution in [0.3, 0.4) is 0 Å². The third-order valence-electron chi connectivity index (χ3n) is 5.97. The van der Waals surface area contributed by atoms with E-state index in [1.807, 2.05) is 82.6 Å². The maximum atomic E-state index is 13.5. The molecule has 0 bridgehead atoms. The number of halogens is 2. The molecule has 1 aliphatic rings. The summed E-state index contributed by atoms with van der Waals surface area (Å²) in [5.74, 6) is 0. The number of benzene rings is 3. The predicted octanol–water partition coefficient (Wildman–Crippen LogP) is 5.96. The molecule has 0 radical (unpaired) electrons. The van der Waals surface area contributed by atoms with Crippen molar-refractivity contribution >= 4 is 35.5 Å². The molecule has 164 valence electrons. The number of hydrogen-bond donors (Lipinski definition) is 0. The third-order valence-corrected chi connectivity index (χ3v) is 6.71. The lowest BCUT2D eigenvalue weighted by atomic mass is 9.75. The van der Waals surface area contributed by atoms with Crippen molar-refractivity contribution in [3.05, 3.63) is 106 Å². The summed E-state index contributed by atoms with van der Waals surface area (Å²) >= 11 is 12.5. The van der Waals surface area contributed by atoms with Gasteiger partial charge in [0.15, 0.2) is 0 Å². The number of aldehydes is 1. The zero-order chi connectivity index (χ0) is 22.6. The Balaban J connectivity index is 1.74. The summed E-state index contributed by atoms with van der Waals surface area (Å²) in [4.78, 5) is 29.0. The molecule has 1 aliphatic heterocycles. The van der Waals surface area contributed by atoms with Gasteiger partial charge in [0.25, 0.3) is 0 Å². The monoisotopic (exact) mass is 466 g/mol. The fraction of sp³-hybridized carbons (Fsp3) is 0.231. The van der Waals surface area contributed by atoms with Gasteiger partial charge in [0.2, 0.25) is 0 Å². The van der Waals surface area contributed by atoms with E-state index in [1.54, 1.807) is 6.07 Å². The van der Waals surface area contributed by atoms with Crippen molar-refractivity contribution in [1.29, 1.82) is 0 Å². The molecule has 1 saturated heterocycles. The van der Waals surface area contributed by atoms with Crippen molar-refractivity contribution in [2.45, 2.75) is 24.9 Å². The van der Waals surface area contributed by atoms with E-state index in [2.05, 4.69) is 0 Å². The average molecular weight is 467 g/mol. The van der Waals surface area contributed by atoms with E-state index < -0.39 is 5.41 Å². The lowest BCUT2D eigenvalue weighted by Gasteiger charge is -2.47. The van der Waals surface area contributed by atoms with E-state index in [0.717, 1.165) is 23.0 Å². The van der Waals surface area contributed by atoms with Crippen molar-refractivity contribution < 1.29 is 9.59 Å². The normalized spacial score (nSPS) is 15.6. The predicted molar refractivity (Wildman–Crippen MR) is 128 cm³/mol. The third kappa shape index (κ3) is 4.82. The average Bonchev–Trinajstić information content (AvgIpc) is 2.80. The number of amides is 2. The Hall–Kier alpha value is -2.82. The van der Waals surface area contributed by atoms with E-state index in [-0.39, 0.29) is 12.5 Å². The molecule has 2 amide bonds. The van der Waals surface area contributed by atoms with E-state index in [1.165, 1.54) is 0 Å². The largest absolute Gasteiger partial charge is 0.320 e. The van der Waals surface area contributed by atoms with Gasteiger partial charge in [-0.1, -0.05) is 89.9 Å². The second kappa shape index (κ2) is 9.76. The van der Waals surface area contributed by atoms with Crippen molar-refractivity contribution in [2.24, 2.45) is 0 Å². The van der Waals surface area contributed by atoms with Crippen LogP contribution in [0.2, 0.25) is 10.0 Å². The number of urea groups is 1. The van der Waals surface area contributed by atoms with Crippen LogP contribution in [-0.2, 0) is 23.3 Å². The van der Waals surface area contributed by atoms with Gasteiger partial charge in [-0.2, -0.15) is 0 Å². The first-order valence-corrected chi connectivity index (χ1v) is 11.3. The Labute approximate surface area is 198 Å². The quantitative estimate of drug-likeness (QED) is 0.403. The van der Waals surface area contributed by atoms with E-state index in [4.69, 9.17) is 23.2 Å². The van der Waals surface area contributed by atoms with Gasteiger partial charge in [-0.05, 0) is 28.8 Å². The molecule has 0 aromatic heterocycles. The zero-order valence-corrected chi connectivity index (χ0v) is 19.1. The summed E-state index contributed by atoms with van der Waals surface area (Å²) in [6.07, 6.45) is 1.20. The molecule has 1 heterocycles. The molecule has 1 fully saturated rings. The molecule has 4 nitrogen and oxygen atoms in total. The van der Waals surface area contributed by atoms with Crippen LogP contribution < -0.4 is 0 Å². The topological polar surface area (TPSA) is 40.6 Å². The Morgan fingerprint density at radius 2 is 1.31 bits per heavy atom. The fourth-order valence-electron chi connectivity index (χ4n) is 4.39. The standard InChI is InChI=1S/C26H24Cl2N2O2/c27-23-12-11-22(15-24(23)28)26(13-14-31)18-29(16-20-7-3-1-4-8-20)25(32)30(19-26)17-21-9-5-2-6-10-21/h1-12,14-15H,13,16-19H2. The molecule has 0 aliphatic carbocycles. The molecular formula is C26H24Cl2N2O2. The highest BCUT2D eigenvalue weighted by Crippen LogP contribution is 2.37. The molecule has 6 heteroatoms. The molecule has 0 saturated carbocycles. The second-order valence-electron chi connectivity index (χ2n) is 8.25. The lowest BCUT2D eigenvalue weighted by Crippen LogP contribution is -2.60. The molecule has 0 atom stereocenters. The summed E-state index contributed by atoms with van der Waals surface area (Å²) in [5.41, 5.74) is 2.39. The first kappa shape index (κ1) is 22.4. The summed E-state index contributed by atoms with van der Waals surface area (Å²) in [5, 5.41) is 0.904. The Morgan fingerprint density at radius 3 is 1.78 bits per heavy atom. The van der Waals surface area contributed by atoms with Gasteiger partial charge >= 0.3 is 6.03 Å². The maximum absolute atomic E-state index is 13.5. The van der Waals surface area contributed by atoms with Crippen LogP contribution in [-0.4, -0.2) is 35.2 Å². The Morgan fingerprint density at radius 1 is 0.781 bits per heavy atom. The van der Waals surface area contributed by atoms with E-state index in [9.17, 15) is 9.59 Å². The highest BCUT2D eigenvalue weighted by molar-refractivity contribution is 6.42. The van der Waals surface area contributed by atoms with Crippen LogP contribution in [0.1, 0.15) is 23.1 Å². The van der Waals surface area contributed by atoms with Crippen LogP contribution in [0.4, 0.5) is 4.79 Å². The smallest absolute Gasteiger partial charge is 0.319 e. The van der Waals surface area contributed by atoms with E-state index >= 15 is 0 Å². The summed E-state index contributed by atoms with van der Waals surface area (Å²) in [6.45, 7) is 1.77. The number of rotatable bonds is 7. The van der Waals surface area contributed by atoms with Gasteiger partial charge in [0.05, 0.1) is 10.0 Å². The highest BCUT2D eigenvalue weighted by atomic mass is 35.5. The van der Waals surface area contributed by atoms with Gasteiger partial charge in [0, 0.05) is 38.0 Å². The number of carbonyl (C=O) groups is 2. The van der Waals surface area contributed by atoms with Gasteiger partial charge in [-0.15, -0.1) is 0 Å². The van der Waals surface area contributed by atoms with Crippen molar-refractivity contribution in [1.82, 2.24) is 9.80 Å². The van der Waals surface area contributed by atoms with Crippen LogP contribution >= 0.6 is 23.2 Å². The van der Waals surface area contributed by atoms with Crippen LogP contribution in [0, 0.1) is 0 Å². The summed E-state index contributed by atoms with van der Waals surface area (Å²) in [6, 6.07) is 25.2. The minimum absolute atomic E-state index is 0.0423. The molecule has 0 spiro atoms. The molecular weight excluding hydrogens is 443 g/mol. The minimum atomic E-state index is -0.590. The Bertz CT molecular complexity index is 1040. The van der Waals surface area contributed by atoms with Crippen molar-refractivity contribution in [2.75, 3.05) is 13.1 Å².